The molecule has 0 spiro atoms. The number of aldehydes is 1. The molecular weight excluding hydrogens is 250 g/mol. The number of rotatable bonds is 4. The summed E-state index contributed by atoms with van der Waals surface area (Å²) in [6.07, 6.45) is 0.798. The predicted octanol–water partition coefficient (Wildman–Crippen LogP) is 2.12. The monoisotopic (exact) mass is 263 g/mol. The Morgan fingerprint density at radius 2 is 2.11 bits per heavy atom. The van der Waals surface area contributed by atoms with Crippen LogP contribution in [0.1, 0.15) is 30.2 Å². The van der Waals surface area contributed by atoms with E-state index < -0.39 is 0 Å². The lowest BCUT2D eigenvalue weighted by molar-refractivity contribution is 0.112. The van der Waals surface area contributed by atoms with Crippen LogP contribution in [0.15, 0.2) is 39.1 Å². The molecule has 0 aliphatic rings. The topological polar surface area (TPSA) is 67.8 Å². The molecule has 2 rings (SSSR count). The first-order chi connectivity index (χ1) is 8.63. The van der Waals surface area contributed by atoms with Crippen molar-refractivity contribution >= 4 is 18.0 Å². The van der Waals surface area contributed by atoms with Crippen LogP contribution in [0, 0.1) is 0 Å². The standard InChI is InChI=1S/C12H13N3O2S/c1-8(2)15-11(17)13-14-12(15)18-10-6-4-3-5-9(10)7-16/h3-8H,1-2H3,(H,13,17). The fourth-order valence-corrected chi connectivity index (χ4v) is 2.65. The molecule has 0 unspecified atom stereocenters. The minimum Gasteiger partial charge on any atom is -0.298 e. The average Bonchev–Trinajstić information content (AvgIpc) is 2.71. The molecule has 2 aromatic rings. The van der Waals surface area contributed by atoms with Gasteiger partial charge in [-0.2, -0.15) is 0 Å². The van der Waals surface area contributed by atoms with Crippen LogP contribution in [0.2, 0.25) is 0 Å². The number of aromatic nitrogens is 3. The Bertz CT molecular complexity index is 616. The first kappa shape index (κ1) is 12.6. The number of H-pyrrole nitrogens is 1. The van der Waals surface area contributed by atoms with Crippen molar-refractivity contribution in [2.45, 2.75) is 29.9 Å². The maximum absolute atomic E-state index is 11.6. The number of nitrogens with zero attached hydrogens (tertiary/aromatic N) is 2. The Hall–Kier alpha value is -1.82. The van der Waals surface area contributed by atoms with Crippen molar-refractivity contribution < 1.29 is 4.79 Å². The van der Waals surface area contributed by atoms with E-state index >= 15 is 0 Å². The van der Waals surface area contributed by atoms with Crippen molar-refractivity contribution in [3.05, 3.63) is 40.3 Å². The first-order valence-corrected chi connectivity index (χ1v) is 6.34. The third-order valence-electron chi connectivity index (χ3n) is 2.44. The van der Waals surface area contributed by atoms with E-state index in [0.717, 1.165) is 11.2 Å². The maximum atomic E-state index is 11.6. The van der Waals surface area contributed by atoms with Gasteiger partial charge in [0.15, 0.2) is 11.4 Å². The first-order valence-electron chi connectivity index (χ1n) is 5.52. The Balaban J connectivity index is 2.40. The molecule has 6 heteroatoms. The van der Waals surface area contributed by atoms with Crippen LogP contribution in [-0.2, 0) is 0 Å². The van der Waals surface area contributed by atoms with Gasteiger partial charge in [-0.25, -0.2) is 9.89 Å². The quantitative estimate of drug-likeness (QED) is 0.858. The van der Waals surface area contributed by atoms with Gasteiger partial charge < -0.3 is 0 Å². The number of hydrogen-bond acceptors (Lipinski definition) is 4. The van der Waals surface area contributed by atoms with Crippen molar-refractivity contribution in [3.63, 3.8) is 0 Å². The van der Waals surface area contributed by atoms with Gasteiger partial charge in [0.25, 0.3) is 0 Å². The van der Waals surface area contributed by atoms with E-state index in [2.05, 4.69) is 10.2 Å². The fraction of sp³-hybridized carbons (Fsp3) is 0.250. The van der Waals surface area contributed by atoms with Crippen LogP contribution in [0.25, 0.3) is 0 Å². The highest BCUT2D eigenvalue weighted by molar-refractivity contribution is 7.99. The van der Waals surface area contributed by atoms with Crippen LogP contribution in [0.4, 0.5) is 0 Å². The lowest BCUT2D eigenvalue weighted by atomic mass is 10.2. The lowest BCUT2D eigenvalue weighted by Gasteiger charge is -2.09. The maximum Gasteiger partial charge on any atom is 0.344 e. The summed E-state index contributed by atoms with van der Waals surface area (Å²) in [5.74, 6) is 0. The van der Waals surface area contributed by atoms with Crippen molar-refractivity contribution in [1.29, 1.82) is 0 Å². The van der Waals surface area contributed by atoms with E-state index in [-0.39, 0.29) is 11.7 Å². The molecule has 0 aliphatic heterocycles. The Morgan fingerprint density at radius 1 is 1.39 bits per heavy atom. The minimum absolute atomic E-state index is 0.0159. The second-order valence-electron chi connectivity index (χ2n) is 4.03. The summed E-state index contributed by atoms with van der Waals surface area (Å²) in [4.78, 5) is 23.3. The molecule has 94 valence electrons. The summed E-state index contributed by atoms with van der Waals surface area (Å²) in [6.45, 7) is 3.82. The number of hydrogen-bond donors (Lipinski definition) is 1. The normalized spacial score (nSPS) is 10.8. The second-order valence-corrected chi connectivity index (χ2v) is 5.04. The van der Waals surface area contributed by atoms with E-state index in [9.17, 15) is 9.59 Å². The highest BCUT2D eigenvalue weighted by Crippen LogP contribution is 2.28. The van der Waals surface area contributed by atoms with E-state index in [1.165, 1.54) is 11.8 Å². The largest absolute Gasteiger partial charge is 0.344 e. The molecule has 1 aromatic carbocycles. The molecule has 1 N–H and O–H groups in total. The fourth-order valence-electron chi connectivity index (χ4n) is 1.59. The molecule has 0 fully saturated rings. The van der Waals surface area contributed by atoms with Crippen molar-refractivity contribution in [3.8, 4) is 0 Å². The second kappa shape index (κ2) is 5.22. The van der Waals surface area contributed by atoms with Crippen LogP contribution in [0.5, 0.6) is 0 Å². The van der Waals surface area contributed by atoms with Gasteiger partial charge in [-0.05, 0) is 31.7 Å². The smallest absolute Gasteiger partial charge is 0.298 e. The highest BCUT2D eigenvalue weighted by atomic mass is 32.2. The van der Waals surface area contributed by atoms with E-state index in [1.54, 1.807) is 16.7 Å². The minimum atomic E-state index is -0.240. The molecule has 1 aromatic heterocycles. The lowest BCUT2D eigenvalue weighted by Crippen LogP contribution is -2.19. The SMILES string of the molecule is CC(C)n1c(Sc2ccccc2C=O)n[nH]c1=O. The molecule has 0 saturated heterocycles. The van der Waals surface area contributed by atoms with Gasteiger partial charge in [0.1, 0.15) is 0 Å². The third kappa shape index (κ3) is 2.38. The Labute approximate surface area is 108 Å². The van der Waals surface area contributed by atoms with Crippen LogP contribution in [0.3, 0.4) is 0 Å². The molecule has 5 nitrogen and oxygen atoms in total. The van der Waals surface area contributed by atoms with Gasteiger partial charge in [0, 0.05) is 16.5 Å². The molecule has 0 bridgehead atoms. The number of benzene rings is 1. The van der Waals surface area contributed by atoms with Gasteiger partial charge in [-0.15, -0.1) is 5.10 Å². The summed E-state index contributed by atoms with van der Waals surface area (Å²) in [7, 11) is 0. The molecule has 0 amide bonds. The zero-order valence-corrected chi connectivity index (χ0v) is 10.9. The zero-order chi connectivity index (χ0) is 13.1. The summed E-state index contributed by atoms with van der Waals surface area (Å²) in [6, 6.07) is 7.23. The van der Waals surface area contributed by atoms with Gasteiger partial charge in [-0.3, -0.25) is 9.36 Å². The van der Waals surface area contributed by atoms with Gasteiger partial charge >= 0.3 is 5.69 Å². The van der Waals surface area contributed by atoms with Gasteiger partial charge in [-0.1, -0.05) is 18.2 Å². The van der Waals surface area contributed by atoms with E-state index in [0.29, 0.717) is 10.7 Å². The zero-order valence-electron chi connectivity index (χ0n) is 10.1. The van der Waals surface area contributed by atoms with Gasteiger partial charge in [0.2, 0.25) is 0 Å². The number of carbonyl (C=O) groups excluding carboxylic acids is 1. The van der Waals surface area contributed by atoms with Gasteiger partial charge in [0.05, 0.1) is 0 Å². The van der Waals surface area contributed by atoms with E-state index in [4.69, 9.17) is 0 Å². The van der Waals surface area contributed by atoms with Crippen molar-refractivity contribution in [2.75, 3.05) is 0 Å². The summed E-state index contributed by atoms with van der Waals surface area (Å²) in [5.41, 5.74) is 0.351. The number of nitrogens with one attached hydrogen (secondary N) is 1. The summed E-state index contributed by atoms with van der Waals surface area (Å²) in [5, 5.41) is 6.96. The Morgan fingerprint density at radius 3 is 2.78 bits per heavy atom. The highest BCUT2D eigenvalue weighted by Gasteiger charge is 2.13. The molecule has 0 atom stereocenters. The third-order valence-corrected chi connectivity index (χ3v) is 3.50. The number of carbonyl (C=O) groups is 1. The molecule has 0 saturated carbocycles. The molecule has 18 heavy (non-hydrogen) atoms. The van der Waals surface area contributed by atoms with Crippen LogP contribution in [-0.4, -0.2) is 21.1 Å². The predicted molar refractivity (Wildman–Crippen MR) is 69.2 cm³/mol. The average molecular weight is 263 g/mol. The number of aromatic amines is 1. The molecular formula is C12H13N3O2S. The molecule has 1 heterocycles. The summed E-state index contributed by atoms with van der Waals surface area (Å²) >= 11 is 1.30. The molecule has 0 radical (unpaired) electrons. The molecule has 0 aliphatic carbocycles. The van der Waals surface area contributed by atoms with Crippen molar-refractivity contribution in [1.82, 2.24) is 14.8 Å². The summed E-state index contributed by atoms with van der Waals surface area (Å²) < 4.78 is 1.56. The van der Waals surface area contributed by atoms with Crippen molar-refractivity contribution in [2.24, 2.45) is 0 Å². The Kier molecular flexibility index (Phi) is 3.66. The van der Waals surface area contributed by atoms with Crippen LogP contribution >= 0.6 is 11.8 Å². The van der Waals surface area contributed by atoms with Crippen LogP contribution < -0.4 is 5.69 Å². The van der Waals surface area contributed by atoms with E-state index in [1.807, 2.05) is 26.0 Å².